The Balaban J connectivity index is 1.30. The minimum Gasteiger partial charge on any atom is -0.381 e. The van der Waals surface area contributed by atoms with Gasteiger partial charge in [0.25, 0.3) is 0 Å². The molecule has 1 aliphatic heterocycles. The van der Waals surface area contributed by atoms with Crippen molar-refractivity contribution in [1.82, 2.24) is 31.2 Å². The Morgan fingerprint density at radius 1 is 1.02 bits per heavy atom. The lowest BCUT2D eigenvalue weighted by atomic mass is 9.88. The maximum Gasteiger partial charge on any atom is 0.249 e. The van der Waals surface area contributed by atoms with Crippen LogP contribution in [0.25, 0.3) is 10.8 Å². The lowest BCUT2D eigenvalue weighted by Crippen LogP contribution is -2.62. The Kier molecular flexibility index (Phi) is 14.0. The summed E-state index contributed by atoms with van der Waals surface area (Å²) in [6.07, 6.45) is 5.47. The summed E-state index contributed by atoms with van der Waals surface area (Å²) in [6, 6.07) is 16.6. The average Bonchev–Trinajstić information content (AvgIpc) is 3.12. The molecular weight excluding hydrogens is 638 g/mol. The molecule has 5 amide bonds. The van der Waals surface area contributed by atoms with Gasteiger partial charge in [-0.25, -0.2) is 0 Å². The second-order valence-corrected chi connectivity index (χ2v) is 12.6. The molecule has 2 aromatic carbocycles. The van der Waals surface area contributed by atoms with Crippen molar-refractivity contribution in [2.45, 2.75) is 70.0 Å². The summed E-state index contributed by atoms with van der Waals surface area (Å²) < 4.78 is 5.47. The number of amides is 5. The van der Waals surface area contributed by atoms with Crippen LogP contribution in [0, 0.1) is 0 Å². The average molecular weight is 686 g/mol. The second kappa shape index (κ2) is 18.6. The van der Waals surface area contributed by atoms with Crippen molar-refractivity contribution in [2.75, 3.05) is 33.4 Å². The van der Waals surface area contributed by atoms with Gasteiger partial charge in [-0.2, -0.15) is 4.99 Å². The summed E-state index contributed by atoms with van der Waals surface area (Å²) >= 11 is 0. The number of fused-ring (bicyclic) bond motifs is 1. The van der Waals surface area contributed by atoms with Crippen LogP contribution >= 0.6 is 0 Å². The van der Waals surface area contributed by atoms with E-state index >= 15 is 0 Å². The molecule has 4 N–H and O–H groups in total. The lowest BCUT2D eigenvalue weighted by Gasteiger charge is -2.36. The summed E-state index contributed by atoms with van der Waals surface area (Å²) in [4.78, 5) is 74.0. The van der Waals surface area contributed by atoms with Crippen molar-refractivity contribution in [3.8, 4) is 0 Å². The predicted molar refractivity (Wildman–Crippen MR) is 190 cm³/mol. The molecule has 4 rings (SSSR count). The van der Waals surface area contributed by atoms with Gasteiger partial charge < -0.3 is 30.9 Å². The predicted octanol–water partition coefficient (Wildman–Crippen LogP) is 2.08. The molecule has 13 heteroatoms. The largest absolute Gasteiger partial charge is 0.381 e. The highest BCUT2D eigenvalue weighted by Gasteiger charge is 2.41. The molecular formula is C37H47N7O6. The molecule has 1 unspecified atom stereocenters. The number of hydrogen-bond donors (Lipinski definition) is 4. The van der Waals surface area contributed by atoms with Gasteiger partial charge >= 0.3 is 0 Å². The van der Waals surface area contributed by atoms with E-state index in [4.69, 9.17) is 4.74 Å². The Morgan fingerprint density at radius 2 is 1.78 bits per heavy atom. The number of hydrogen-bond acceptors (Lipinski definition) is 7. The number of pyridine rings is 1. The van der Waals surface area contributed by atoms with Crippen molar-refractivity contribution in [1.29, 1.82) is 0 Å². The fourth-order valence-electron chi connectivity index (χ4n) is 5.90. The maximum atomic E-state index is 13.4. The number of carbonyl (C=O) groups excluding carboxylic acids is 5. The molecule has 50 heavy (non-hydrogen) atoms. The van der Waals surface area contributed by atoms with E-state index in [-0.39, 0.29) is 38.1 Å². The van der Waals surface area contributed by atoms with Gasteiger partial charge in [-0.05, 0) is 48.2 Å². The Labute approximate surface area is 292 Å². The number of likely N-dealkylation sites (N-methyl/N-ethyl adjacent to an activating group) is 1. The first-order chi connectivity index (χ1) is 24.1. The van der Waals surface area contributed by atoms with Gasteiger partial charge in [-0.1, -0.05) is 48.5 Å². The van der Waals surface area contributed by atoms with Crippen LogP contribution in [-0.2, 0) is 41.6 Å². The second-order valence-electron chi connectivity index (χ2n) is 12.6. The van der Waals surface area contributed by atoms with Gasteiger partial charge in [0.1, 0.15) is 11.4 Å². The number of nitrogens with zero attached hydrogens (tertiary/aromatic N) is 3. The van der Waals surface area contributed by atoms with E-state index in [2.05, 4.69) is 37.3 Å². The fraction of sp³-hybridized carbons (Fsp3) is 0.432. The molecule has 1 aliphatic rings. The van der Waals surface area contributed by atoms with E-state index < -0.39 is 35.3 Å². The zero-order valence-electron chi connectivity index (χ0n) is 28.9. The van der Waals surface area contributed by atoms with Gasteiger partial charge in [0, 0.05) is 77.3 Å². The number of ether oxygens (including phenoxy) is 1. The highest BCUT2D eigenvalue weighted by atomic mass is 16.5. The smallest absolute Gasteiger partial charge is 0.249 e. The van der Waals surface area contributed by atoms with Crippen LogP contribution in [0.5, 0.6) is 0 Å². The molecule has 266 valence electrons. The van der Waals surface area contributed by atoms with Crippen LogP contribution in [0.1, 0.15) is 50.7 Å². The molecule has 3 aromatic rings. The number of rotatable bonds is 16. The molecule has 1 saturated heterocycles. The molecule has 0 spiro atoms. The van der Waals surface area contributed by atoms with Crippen LogP contribution in [-0.4, -0.2) is 96.7 Å². The number of aliphatic imine (C=N–C) groups is 1. The van der Waals surface area contributed by atoms with Crippen LogP contribution in [0.4, 0.5) is 0 Å². The lowest BCUT2D eigenvalue weighted by molar-refractivity contribution is -0.138. The number of nitrogens with one attached hydrogen (secondary N) is 4. The zero-order valence-corrected chi connectivity index (χ0v) is 28.9. The first kappa shape index (κ1) is 37.6. The zero-order chi connectivity index (χ0) is 35.9. The first-order valence-electron chi connectivity index (χ1n) is 17.0. The number of aromatic nitrogens is 1. The molecule has 0 radical (unpaired) electrons. The monoisotopic (exact) mass is 685 g/mol. The van der Waals surface area contributed by atoms with Gasteiger partial charge in [-0.15, -0.1) is 0 Å². The molecule has 1 fully saturated rings. The fourth-order valence-corrected chi connectivity index (χ4v) is 5.90. The van der Waals surface area contributed by atoms with Gasteiger partial charge in [0.05, 0.1) is 12.6 Å². The number of carbonyl (C=O) groups is 5. The Bertz CT molecular complexity index is 1660. The molecule has 0 saturated carbocycles. The van der Waals surface area contributed by atoms with Crippen molar-refractivity contribution < 1.29 is 28.7 Å². The van der Waals surface area contributed by atoms with Crippen LogP contribution in [0.3, 0.4) is 0 Å². The normalized spacial score (nSPS) is 15.3. The Hall–Kier alpha value is -5.17. The van der Waals surface area contributed by atoms with Crippen LogP contribution < -0.4 is 21.3 Å². The molecule has 0 bridgehead atoms. The van der Waals surface area contributed by atoms with E-state index in [1.807, 2.05) is 49.4 Å². The van der Waals surface area contributed by atoms with Gasteiger partial charge in [-0.3, -0.25) is 29.0 Å². The third kappa shape index (κ3) is 10.9. The van der Waals surface area contributed by atoms with E-state index in [0.29, 0.717) is 44.8 Å². The van der Waals surface area contributed by atoms with Crippen molar-refractivity contribution in [3.05, 3.63) is 78.1 Å². The van der Waals surface area contributed by atoms with E-state index in [1.165, 1.54) is 0 Å². The SMILES string of the molecule is CCN(C)/C(=N/C(=O)CC(C)NC(=O)CNC(=O)C1(NC(=O)CCc2ccc3ccccc3c2)CCOCC1)[C@H](Cc1cccnc1)NC=O. The topological polar surface area (TPSA) is 171 Å². The summed E-state index contributed by atoms with van der Waals surface area (Å²) in [7, 11) is 1.78. The van der Waals surface area contributed by atoms with Crippen LogP contribution in [0.2, 0.25) is 0 Å². The first-order valence-corrected chi connectivity index (χ1v) is 17.0. The highest BCUT2D eigenvalue weighted by molar-refractivity contribution is 5.98. The summed E-state index contributed by atoms with van der Waals surface area (Å²) in [5.41, 5.74) is 0.691. The molecule has 2 atom stereocenters. The quantitative estimate of drug-likeness (QED) is 0.101. The minimum absolute atomic E-state index is 0.101. The third-order valence-electron chi connectivity index (χ3n) is 8.76. The summed E-state index contributed by atoms with van der Waals surface area (Å²) in [6.45, 7) is 4.37. The van der Waals surface area contributed by atoms with Gasteiger partial charge in [0.2, 0.25) is 30.0 Å². The minimum atomic E-state index is -1.20. The van der Waals surface area contributed by atoms with Gasteiger partial charge in [0.15, 0.2) is 0 Å². The number of amidine groups is 1. The molecule has 2 heterocycles. The standard InChI is InChI=1S/C37H47N7O6/c1-4-44(3)35(31(40-25-45)22-28-8-7-17-38-23-28)42-33(47)20-26(2)41-34(48)24-39-36(49)37(15-18-50-19-16-37)43-32(46)14-12-27-11-13-29-9-5-6-10-30(29)21-27/h5-11,13,17,21,23,25-26,31H,4,12,14-16,18-20,22,24H2,1-3H3,(H,39,49)(H,40,45)(H,41,48)(H,43,46)/b42-35+/t26?,31-/m0/s1. The number of benzene rings is 2. The third-order valence-corrected chi connectivity index (χ3v) is 8.76. The highest BCUT2D eigenvalue weighted by Crippen LogP contribution is 2.22. The summed E-state index contributed by atoms with van der Waals surface area (Å²) in [5, 5.41) is 13.3. The van der Waals surface area contributed by atoms with E-state index in [0.717, 1.165) is 21.9 Å². The van der Waals surface area contributed by atoms with Crippen LogP contribution in [0.15, 0.2) is 72.0 Å². The summed E-state index contributed by atoms with van der Waals surface area (Å²) in [5.74, 6) is -1.30. The van der Waals surface area contributed by atoms with Crippen molar-refractivity contribution in [3.63, 3.8) is 0 Å². The molecule has 1 aromatic heterocycles. The molecule has 13 nitrogen and oxygen atoms in total. The van der Waals surface area contributed by atoms with E-state index in [1.54, 1.807) is 37.3 Å². The Morgan fingerprint density at radius 3 is 2.48 bits per heavy atom. The molecule has 0 aliphatic carbocycles. The van der Waals surface area contributed by atoms with Crippen molar-refractivity contribution in [2.24, 2.45) is 4.99 Å². The van der Waals surface area contributed by atoms with Crippen molar-refractivity contribution >= 4 is 46.6 Å². The van der Waals surface area contributed by atoms with E-state index in [9.17, 15) is 24.0 Å². The number of aryl methyl sites for hydroxylation is 1. The maximum absolute atomic E-state index is 13.4.